The monoisotopic (exact) mass is 429 g/mol. The average molecular weight is 429 g/mol. The van der Waals surface area contributed by atoms with E-state index in [1.807, 2.05) is 0 Å². The van der Waals surface area contributed by atoms with Gasteiger partial charge in [0.1, 0.15) is 11.6 Å². The second-order valence-corrected chi connectivity index (χ2v) is 8.37. The lowest BCUT2D eigenvalue weighted by molar-refractivity contribution is -0.136. The number of methoxy groups -OCH3 is 1. The molecule has 8 heteroatoms. The Morgan fingerprint density at radius 3 is 2.61 bits per heavy atom. The van der Waals surface area contributed by atoms with Gasteiger partial charge in [-0.25, -0.2) is 14.4 Å². The summed E-state index contributed by atoms with van der Waals surface area (Å²) >= 11 is 0. The summed E-state index contributed by atoms with van der Waals surface area (Å²) in [5.41, 5.74) is 0.175. The van der Waals surface area contributed by atoms with Crippen molar-refractivity contribution >= 4 is 11.9 Å². The Balaban J connectivity index is 1.17. The fraction of sp³-hybridized carbons (Fsp3) is 0.522. The van der Waals surface area contributed by atoms with Crippen molar-refractivity contribution in [1.82, 2.24) is 9.97 Å². The molecule has 1 aromatic heterocycles. The topological polar surface area (TPSA) is 84.8 Å². The molecule has 0 bridgehead atoms. The highest BCUT2D eigenvalue weighted by Crippen LogP contribution is 2.49. The van der Waals surface area contributed by atoms with Crippen LogP contribution >= 0.6 is 0 Å². The minimum atomic E-state index is -1.05. The number of nitrogens with zero attached hydrogens (tertiary/aromatic N) is 3. The Bertz CT molecular complexity index is 900. The summed E-state index contributed by atoms with van der Waals surface area (Å²) in [6, 6.07) is 4.40. The number of hydrogen-bond acceptors (Lipinski definition) is 6. The maximum atomic E-state index is 13.9. The van der Waals surface area contributed by atoms with Crippen molar-refractivity contribution in [3.05, 3.63) is 42.0 Å². The van der Waals surface area contributed by atoms with Gasteiger partial charge in [-0.1, -0.05) is 6.07 Å². The molecule has 7 nitrogen and oxygen atoms in total. The first-order valence-electron chi connectivity index (χ1n) is 10.8. The Hall–Kier alpha value is -2.90. The molecule has 4 rings (SSSR count). The molecule has 0 radical (unpaired) electrons. The van der Waals surface area contributed by atoms with Crippen LogP contribution in [0.15, 0.2) is 30.6 Å². The highest BCUT2D eigenvalue weighted by Gasteiger charge is 2.43. The summed E-state index contributed by atoms with van der Waals surface area (Å²) in [6.45, 7) is 2.49. The van der Waals surface area contributed by atoms with Gasteiger partial charge in [-0.2, -0.15) is 0 Å². The molecule has 2 aromatic rings. The van der Waals surface area contributed by atoms with E-state index in [9.17, 15) is 9.18 Å². The van der Waals surface area contributed by atoms with Gasteiger partial charge in [-0.3, -0.25) is 4.79 Å². The van der Waals surface area contributed by atoms with Crippen molar-refractivity contribution < 1.29 is 23.8 Å². The van der Waals surface area contributed by atoms with E-state index in [0.29, 0.717) is 24.0 Å². The number of piperidine rings is 1. The van der Waals surface area contributed by atoms with Gasteiger partial charge in [-0.05, 0) is 55.1 Å². The number of halogens is 1. The summed E-state index contributed by atoms with van der Waals surface area (Å²) < 4.78 is 24.8. The lowest BCUT2D eigenvalue weighted by atomic mass is 9.90. The van der Waals surface area contributed by atoms with Gasteiger partial charge in [0, 0.05) is 19.2 Å². The quantitative estimate of drug-likeness (QED) is 0.652. The van der Waals surface area contributed by atoms with Gasteiger partial charge >= 0.3 is 5.97 Å². The number of anilines is 1. The molecule has 2 heterocycles. The summed E-state index contributed by atoms with van der Waals surface area (Å²) in [6.07, 6.45) is 7.58. The van der Waals surface area contributed by atoms with Crippen molar-refractivity contribution in [2.75, 3.05) is 31.7 Å². The number of hydrogen-bond donors (Lipinski definition) is 1. The number of aromatic nitrogens is 2. The maximum Gasteiger partial charge on any atom is 0.307 e. The van der Waals surface area contributed by atoms with Gasteiger partial charge in [0.2, 0.25) is 5.95 Å². The van der Waals surface area contributed by atoms with Crippen LogP contribution < -0.4 is 14.4 Å². The van der Waals surface area contributed by atoms with Gasteiger partial charge in [0.25, 0.3) is 0 Å². The van der Waals surface area contributed by atoms with Crippen LogP contribution in [0.5, 0.6) is 11.5 Å². The van der Waals surface area contributed by atoms with E-state index >= 15 is 0 Å². The smallest absolute Gasteiger partial charge is 0.307 e. The molecule has 2 atom stereocenters. The van der Waals surface area contributed by atoms with E-state index in [0.717, 1.165) is 50.1 Å². The number of aliphatic carboxylic acids is 1. The number of carbonyl (C=O) groups is 1. The van der Waals surface area contributed by atoms with Crippen LogP contribution in [0.2, 0.25) is 0 Å². The number of carboxylic acids is 1. The predicted octanol–water partition coefficient (Wildman–Crippen LogP) is 3.57. The molecule has 1 saturated heterocycles. The van der Waals surface area contributed by atoms with Crippen molar-refractivity contribution in [2.24, 2.45) is 17.8 Å². The summed E-state index contributed by atoms with van der Waals surface area (Å²) in [7, 11) is 1.61. The van der Waals surface area contributed by atoms with Gasteiger partial charge in [-0.15, -0.1) is 0 Å². The van der Waals surface area contributed by atoms with E-state index in [1.165, 1.54) is 18.6 Å². The van der Waals surface area contributed by atoms with E-state index in [1.54, 1.807) is 25.6 Å². The van der Waals surface area contributed by atoms with Crippen LogP contribution in [0.3, 0.4) is 0 Å². The fourth-order valence-corrected chi connectivity index (χ4v) is 4.54. The van der Waals surface area contributed by atoms with Crippen LogP contribution in [-0.4, -0.2) is 47.8 Å². The van der Waals surface area contributed by atoms with Crippen LogP contribution in [0.1, 0.15) is 31.2 Å². The van der Waals surface area contributed by atoms with Crippen molar-refractivity contribution in [3.8, 4) is 11.5 Å². The number of carboxylic acid groups (broad SMARTS) is 1. The standard InChI is InChI=1S/C23H28FN3O4/c1-30-19-13-25-23(26-14-19)27-7-4-15(5-8-27)20-10-16(20)6-9-31-18-3-2-17(11-22(28)29)21(24)12-18/h2-3,12-16,20H,4-11H2,1H3,(H,28,29)/t16-,20-/m1/s1. The Labute approximate surface area is 181 Å². The lowest BCUT2D eigenvalue weighted by Crippen LogP contribution is -2.35. The zero-order valence-corrected chi connectivity index (χ0v) is 17.7. The number of ether oxygens (including phenoxy) is 2. The molecule has 31 heavy (non-hydrogen) atoms. The first kappa shape index (κ1) is 21.3. The Morgan fingerprint density at radius 1 is 1.23 bits per heavy atom. The van der Waals surface area contributed by atoms with Gasteiger partial charge in [0.05, 0.1) is 32.5 Å². The van der Waals surface area contributed by atoms with Crippen LogP contribution in [0, 0.1) is 23.6 Å². The predicted molar refractivity (Wildman–Crippen MR) is 113 cm³/mol. The molecule has 1 saturated carbocycles. The maximum absolute atomic E-state index is 13.9. The molecule has 1 N–H and O–H groups in total. The third-order valence-corrected chi connectivity index (χ3v) is 6.38. The second kappa shape index (κ2) is 9.49. The third kappa shape index (κ3) is 5.42. The van der Waals surface area contributed by atoms with Gasteiger partial charge < -0.3 is 19.5 Å². The molecule has 0 unspecified atom stereocenters. The summed E-state index contributed by atoms with van der Waals surface area (Å²) in [5.74, 6) is 2.46. The highest BCUT2D eigenvalue weighted by molar-refractivity contribution is 5.70. The van der Waals surface area contributed by atoms with E-state index in [4.69, 9.17) is 14.6 Å². The van der Waals surface area contributed by atoms with Crippen molar-refractivity contribution in [1.29, 1.82) is 0 Å². The van der Waals surface area contributed by atoms with Crippen molar-refractivity contribution in [3.63, 3.8) is 0 Å². The molecular formula is C23H28FN3O4. The lowest BCUT2D eigenvalue weighted by Gasteiger charge is -2.32. The Kier molecular flexibility index (Phi) is 6.53. The van der Waals surface area contributed by atoms with Crippen LogP contribution in [0.4, 0.5) is 10.3 Å². The molecule has 0 spiro atoms. The SMILES string of the molecule is COc1cnc(N2CCC([C@H]3C[C@H]3CCOc3ccc(CC(=O)O)c(F)c3)CC2)nc1. The first-order chi connectivity index (χ1) is 15.0. The van der Waals surface area contributed by atoms with E-state index in [-0.39, 0.29) is 12.0 Å². The molecule has 166 valence electrons. The highest BCUT2D eigenvalue weighted by atomic mass is 19.1. The van der Waals surface area contributed by atoms with E-state index in [2.05, 4.69) is 14.9 Å². The first-order valence-corrected chi connectivity index (χ1v) is 10.8. The largest absolute Gasteiger partial charge is 0.494 e. The summed E-state index contributed by atoms with van der Waals surface area (Å²) in [4.78, 5) is 21.7. The number of benzene rings is 1. The van der Waals surface area contributed by atoms with E-state index < -0.39 is 11.8 Å². The zero-order chi connectivity index (χ0) is 21.8. The van der Waals surface area contributed by atoms with Crippen LogP contribution in [-0.2, 0) is 11.2 Å². The van der Waals surface area contributed by atoms with Crippen molar-refractivity contribution in [2.45, 2.75) is 32.1 Å². The summed E-state index contributed by atoms with van der Waals surface area (Å²) in [5, 5.41) is 8.78. The molecular weight excluding hydrogens is 401 g/mol. The minimum absolute atomic E-state index is 0.175. The molecule has 1 aliphatic heterocycles. The molecule has 1 aliphatic carbocycles. The Morgan fingerprint density at radius 2 is 1.97 bits per heavy atom. The third-order valence-electron chi connectivity index (χ3n) is 6.38. The second-order valence-electron chi connectivity index (χ2n) is 8.37. The molecule has 0 amide bonds. The zero-order valence-electron chi connectivity index (χ0n) is 17.7. The normalized spacial score (nSPS) is 21.0. The molecule has 2 aliphatic rings. The molecule has 2 fully saturated rings. The van der Waals surface area contributed by atoms with Crippen LogP contribution in [0.25, 0.3) is 0 Å². The average Bonchev–Trinajstić information content (AvgIpc) is 3.55. The van der Waals surface area contributed by atoms with Gasteiger partial charge in [0.15, 0.2) is 5.75 Å². The minimum Gasteiger partial charge on any atom is -0.494 e. The fourth-order valence-electron chi connectivity index (χ4n) is 4.54. The number of rotatable bonds is 9. The molecule has 1 aromatic carbocycles.